The summed E-state index contributed by atoms with van der Waals surface area (Å²) in [6, 6.07) is 6.58. The molecule has 0 saturated heterocycles. The van der Waals surface area contributed by atoms with E-state index in [0.29, 0.717) is 6.42 Å². The van der Waals surface area contributed by atoms with E-state index in [9.17, 15) is 5.11 Å². The second-order valence-corrected chi connectivity index (χ2v) is 11.0. The van der Waals surface area contributed by atoms with Gasteiger partial charge >= 0.3 is 0 Å². The Morgan fingerprint density at radius 2 is 1.29 bits per heavy atom. The van der Waals surface area contributed by atoms with E-state index < -0.39 is 0 Å². The lowest BCUT2D eigenvalue weighted by Crippen LogP contribution is -2.01. The van der Waals surface area contributed by atoms with Gasteiger partial charge in [0.25, 0.3) is 0 Å². The van der Waals surface area contributed by atoms with Crippen LogP contribution < -0.4 is 0 Å². The lowest BCUT2D eigenvalue weighted by Gasteiger charge is -2.11. The van der Waals surface area contributed by atoms with Crippen molar-refractivity contribution in [2.24, 2.45) is 0 Å². The maximum absolute atomic E-state index is 9.95. The van der Waals surface area contributed by atoms with Crippen molar-refractivity contribution in [3.8, 4) is 0 Å². The minimum atomic E-state index is 0.110. The Balaban J connectivity index is 2.12. The van der Waals surface area contributed by atoms with Gasteiger partial charge in [0.15, 0.2) is 0 Å². The molecule has 2 aliphatic heterocycles. The summed E-state index contributed by atoms with van der Waals surface area (Å²) in [7, 11) is 0. The molecule has 0 saturated carbocycles. The third-order valence-electron chi connectivity index (χ3n) is 8.85. The molecule has 0 unspecified atom stereocenters. The van der Waals surface area contributed by atoms with Crippen molar-refractivity contribution < 1.29 is 5.11 Å². The lowest BCUT2D eigenvalue weighted by atomic mass is 9.93. The normalized spacial score (nSPS) is 13.1. The molecular weight excluding hydrogens is 504 g/mol. The van der Waals surface area contributed by atoms with Crippen molar-refractivity contribution in [1.82, 2.24) is 19.5 Å². The van der Waals surface area contributed by atoms with Gasteiger partial charge in [-0.2, -0.15) is 0 Å². The van der Waals surface area contributed by atoms with Crippen LogP contribution in [-0.2, 0) is 38.6 Å². The third-order valence-corrected chi connectivity index (χ3v) is 8.85. The number of nitrogens with zero attached hydrogens (tertiary/aromatic N) is 3. The molecule has 5 rings (SSSR count). The zero-order valence-electron chi connectivity index (χ0n) is 26.0. The molecule has 0 spiro atoms. The molecule has 0 aliphatic carbocycles. The SMILES string of the molecule is CCC1=C(CC)c2nc1c(CC)c1[nH]c(cc3nc(cc4c(CC)c(CC)c(c2CC)n4CC)C=C3)cc1CCO. The fourth-order valence-corrected chi connectivity index (χ4v) is 7.10. The zero-order valence-corrected chi connectivity index (χ0v) is 26.0. The van der Waals surface area contributed by atoms with Gasteiger partial charge in [0, 0.05) is 40.8 Å². The van der Waals surface area contributed by atoms with Crippen molar-refractivity contribution in [3.63, 3.8) is 0 Å². The molecule has 0 radical (unpaired) electrons. The fourth-order valence-electron chi connectivity index (χ4n) is 7.10. The standard InChI is InChI=1S/C36H46N4O/c1-8-26-29(11-4)36-31(13-6)35-28(10-3)27(9-2)34(39-35)30(12-5)33-22(17-18-41)19-25(38-33)20-23-15-16-24(37-23)21-32(26)40(36)14-7/h15-16,19-21,38,41H,8-14,17-18H2,1-7H3. The highest BCUT2D eigenvalue weighted by molar-refractivity contribution is 5.96. The average Bonchev–Trinajstić information content (AvgIpc) is 3.74. The van der Waals surface area contributed by atoms with Gasteiger partial charge in [-0.25, -0.2) is 9.97 Å². The van der Waals surface area contributed by atoms with Crippen molar-refractivity contribution in [3.05, 3.63) is 68.8 Å². The fraction of sp³-hybridized carbons (Fsp3) is 0.444. The minimum Gasteiger partial charge on any atom is -0.396 e. The Labute approximate surface area is 245 Å². The maximum atomic E-state index is 9.95. The summed E-state index contributed by atoms with van der Waals surface area (Å²) in [4.78, 5) is 14.3. The highest BCUT2D eigenvalue weighted by atomic mass is 16.2. The molecule has 0 aromatic carbocycles. The molecular formula is C36H46N4O. The smallest absolute Gasteiger partial charge is 0.0725 e. The monoisotopic (exact) mass is 550 g/mol. The van der Waals surface area contributed by atoms with Crippen molar-refractivity contribution >= 4 is 45.4 Å². The van der Waals surface area contributed by atoms with E-state index in [-0.39, 0.29) is 6.61 Å². The summed E-state index contributed by atoms with van der Waals surface area (Å²) in [6.07, 6.45) is 10.5. The van der Waals surface area contributed by atoms with Crippen LogP contribution in [0.2, 0.25) is 0 Å². The molecule has 5 nitrogen and oxygen atoms in total. The largest absolute Gasteiger partial charge is 0.396 e. The first-order valence-electron chi connectivity index (χ1n) is 15.8. The predicted octanol–water partition coefficient (Wildman–Crippen LogP) is 8.49. The number of rotatable bonds is 9. The molecule has 5 heterocycles. The van der Waals surface area contributed by atoms with Gasteiger partial charge in [-0.3, -0.25) is 0 Å². The second-order valence-electron chi connectivity index (χ2n) is 11.0. The zero-order chi connectivity index (χ0) is 29.3. The van der Waals surface area contributed by atoms with Crippen molar-refractivity contribution in [1.29, 1.82) is 0 Å². The minimum absolute atomic E-state index is 0.110. The topological polar surface area (TPSA) is 66.7 Å². The predicted molar refractivity (Wildman–Crippen MR) is 175 cm³/mol. The summed E-state index contributed by atoms with van der Waals surface area (Å²) in [6.45, 7) is 16.9. The number of allylic oxidation sites excluding steroid dienone is 2. The first kappa shape index (κ1) is 29.1. The number of nitrogens with one attached hydrogen (secondary N) is 1. The average molecular weight is 551 g/mol. The number of aryl methyl sites for hydroxylation is 5. The van der Waals surface area contributed by atoms with Crippen LogP contribution >= 0.6 is 0 Å². The Morgan fingerprint density at radius 3 is 1.85 bits per heavy atom. The summed E-state index contributed by atoms with van der Waals surface area (Å²) in [5.74, 6) is 0. The first-order chi connectivity index (χ1) is 20.0. The van der Waals surface area contributed by atoms with E-state index in [1.165, 1.54) is 50.1 Å². The highest BCUT2D eigenvalue weighted by Crippen LogP contribution is 2.41. The molecule has 8 bridgehead atoms. The first-order valence-corrected chi connectivity index (χ1v) is 15.8. The number of fused-ring (bicyclic) bond motifs is 8. The van der Waals surface area contributed by atoms with Crippen LogP contribution in [0.25, 0.3) is 45.4 Å². The van der Waals surface area contributed by atoms with E-state index in [2.05, 4.69) is 88.4 Å². The molecule has 2 N–H and O–H groups in total. The van der Waals surface area contributed by atoms with Gasteiger partial charge in [-0.1, -0.05) is 41.5 Å². The Kier molecular flexibility index (Phi) is 8.65. The third kappa shape index (κ3) is 4.88. The number of hydrogen-bond donors (Lipinski definition) is 2. The molecule has 3 aromatic heterocycles. The summed E-state index contributed by atoms with van der Waals surface area (Å²) < 4.78 is 2.53. The molecule has 2 aliphatic rings. The van der Waals surface area contributed by atoms with Gasteiger partial charge < -0.3 is 14.7 Å². The lowest BCUT2D eigenvalue weighted by molar-refractivity contribution is 0.300. The van der Waals surface area contributed by atoms with Crippen molar-refractivity contribution in [2.75, 3.05) is 6.61 Å². The van der Waals surface area contributed by atoms with E-state index >= 15 is 0 Å². The van der Waals surface area contributed by atoms with Gasteiger partial charge in [0.2, 0.25) is 0 Å². The molecule has 5 heteroatoms. The Bertz CT molecular complexity index is 1700. The number of hydrogen-bond acceptors (Lipinski definition) is 3. The number of aliphatic hydroxyl groups is 1. The summed E-state index contributed by atoms with van der Waals surface area (Å²) in [5, 5.41) is 9.95. The van der Waals surface area contributed by atoms with Crippen LogP contribution in [0.15, 0.2) is 18.2 Å². The highest BCUT2D eigenvalue weighted by Gasteiger charge is 2.26. The molecule has 0 amide bonds. The van der Waals surface area contributed by atoms with Crippen LogP contribution in [0, 0.1) is 0 Å². The van der Waals surface area contributed by atoms with Gasteiger partial charge in [0.1, 0.15) is 0 Å². The molecule has 41 heavy (non-hydrogen) atoms. The molecule has 216 valence electrons. The Hall–Kier alpha value is -3.44. The second kappa shape index (κ2) is 12.2. The number of H-pyrrole nitrogens is 1. The van der Waals surface area contributed by atoms with E-state index in [1.54, 1.807) is 0 Å². The van der Waals surface area contributed by atoms with E-state index in [1.807, 2.05) is 0 Å². The van der Waals surface area contributed by atoms with Gasteiger partial charge in [0.05, 0.1) is 28.3 Å². The number of aromatic amines is 1. The Morgan fingerprint density at radius 1 is 0.683 bits per heavy atom. The van der Waals surface area contributed by atoms with Crippen LogP contribution in [0.1, 0.15) is 112 Å². The van der Waals surface area contributed by atoms with Crippen LogP contribution in [-0.4, -0.2) is 31.2 Å². The molecule has 0 atom stereocenters. The quantitative estimate of drug-likeness (QED) is 0.220. The van der Waals surface area contributed by atoms with Gasteiger partial charge in [-0.15, -0.1) is 0 Å². The van der Waals surface area contributed by atoms with Crippen LogP contribution in [0.3, 0.4) is 0 Å². The van der Waals surface area contributed by atoms with Gasteiger partial charge in [-0.05, 0) is 110 Å². The molecule has 0 fully saturated rings. The summed E-state index contributed by atoms with van der Waals surface area (Å²) in [5.41, 5.74) is 18.3. The maximum Gasteiger partial charge on any atom is 0.0725 e. The van der Waals surface area contributed by atoms with Crippen LogP contribution in [0.4, 0.5) is 0 Å². The van der Waals surface area contributed by atoms with E-state index in [4.69, 9.17) is 9.97 Å². The van der Waals surface area contributed by atoms with Crippen LogP contribution in [0.5, 0.6) is 0 Å². The summed E-state index contributed by atoms with van der Waals surface area (Å²) >= 11 is 0. The van der Waals surface area contributed by atoms with Crippen molar-refractivity contribution in [2.45, 2.75) is 100.0 Å². The number of aliphatic hydroxyl groups excluding tert-OH is 1. The number of aromatic nitrogens is 4. The van der Waals surface area contributed by atoms with E-state index in [0.717, 1.165) is 78.7 Å². The molecule has 3 aromatic rings.